The van der Waals surface area contributed by atoms with Gasteiger partial charge in [0.05, 0.1) is 44.2 Å². The fraction of sp³-hybridized carbons (Fsp3) is 0.267. The summed E-state index contributed by atoms with van der Waals surface area (Å²) in [7, 11) is 4.04. The maximum Gasteiger partial charge on any atom is 0.330 e. The van der Waals surface area contributed by atoms with E-state index in [-0.39, 0.29) is 29.1 Å². The van der Waals surface area contributed by atoms with Gasteiger partial charge in [0.2, 0.25) is 0 Å². The van der Waals surface area contributed by atoms with Crippen molar-refractivity contribution < 1.29 is 19.0 Å². The average Bonchev–Trinajstić information content (AvgIpc) is 2.62. The second-order valence-electron chi connectivity index (χ2n) is 4.67. The zero-order valence-corrected chi connectivity index (χ0v) is 13.8. The molecule has 0 radical (unpaired) electrons. The van der Waals surface area contributed by atoms with Crippen molar-refractivity contribution in [1.29, 1.82) is 0 Å². The van der Waals surface area contributed by atoms with E-state index in [1.165, 1.54) is 50.4 Å². The van der Waals surface area contributed by atoms with Crippen molar-refractivity contribution in [1.82, 2.24) is 9.55 Å². The topological polar surface area (TPSA) is 128 Å². The van der Waals surface area contributed by atoms with Gasteiger partial charge in [0.25, 0.3) is 5.56 Å². The van der Waals surface area contributed by atoms with E-state index < -0.39 is 11.5 Å². The molecular formula is C15H15N5O5. The summed E-state index contributed by atoms with van der Waals surface area (Å²) in [5, 5.41) is 3.66. The molecule has 25 heavy (non-hydrogen) atoms. The Bertz CT molecular complexity index is 943. The first-order valence-corrected chi connectivity index (χ1v) is 7.01. The van der Waals surface area contributed by atoms with Crippen LogP contribution in [0.15, 0.2) is 34.5 Å². The molecular weight excluding hydrogens is 330 g/mol. The second kappa shape index (κ2) is 7.84. The van der Waals surface area contributed by atoms with Crippen molar-refractivity contribution in [3.63, 3.8) is 0 Å². The molecule has 1 heterocycles. The first-order chi connectivity index (χ1) is 12.1. The molecule has 0 bridgehead atoms. The van der Waals surface area contributed by atoms with Gasteiger partial charge in [-0.1, -0.05) is 11.2 Å². The summed E-state index contributed by atoms with van der Waals surface area (Å²) in [6, 6.07) is 1.51. The lowest BCUT2D eigenvalue weighted by Crippen LogP contribution is -2.20. The second-order valence-corrected chi connectivity index (χ2v) is 4.67. The number of allylic oxidation sites excluding steroid dienone is 1. The summed E-state index contributed by atoms with van der Waals surface area (Å²) in [6.07, 6.45) is 3.96. The molecule has 0 aliphatic heterocycles. The Morgan fingerprint density at radius 3 is 2.76 bits per heavy atom. The fourth-order valence-corrected chi connectivity index (χ4v) is 2.20. The van der Waals surface area contributed by atoms with Crippen LogP contribution in [0.2, 0.25) is 0 Å². The summed E-state index contributed by atoms with van der Waals surface area (Å²) < 4.78 is 16.1. The highest BCUT2D eigenvalue weighted by Gasteiger charge is 2.18. The normalized spacial score (nSPS) is 10.5. The van der Waals surface area contributed by atoms with E-state index in [1.807, 2.05) is 0 Å². The molecule has 0 N–H and O–H groups in total. The molecule has 0 saturated carbocycles. The highest BCUT2D eigenvalue weighted by atomic mass is 16.5. The van der Waals surface area contributed by atoms with Crippen LogP contribution in [0.5, 0.6) is 11.5 Å². The number of aromatic nitrogens is 2. The molecule has 130 valence electrons. The summed E-state index contributed by atoms with van der Waals surface area (Å²) in [5.41, 5.74) is 8.65. The molecule has 0 aliphatic rings. The first-order valence-electron chi connectivity index (χ1n) is 7.01. The monoisotopic (exact) mass is 345 g/mol. The molecule has 10 nitrogen and oxygen atoms in total. The lowest BCUT2D eigenvalue weighted by atomic mass is 10.1. The highest BCUT2D eigenvalue weighted by molar-refractivity contribution is 5.94. The van der Waals surface area contributed by atoms with Crippen LogP contribution in [0, 0.1) is 0 Å². The Kier molecular flexibility index (Phi) is 5.59. The number of benzene rings is 1. The SMILES string of the molecule is COC(=O)/C=C/Cn1cnc2cc(OC)c(OC)c(N=[N+]=[N-])c2c1=O. The van der Waals surface area contributed by atoms with E-state index in [2.05, 4.69) is 19.7 Å². The molecule has 2 rings (SSSR count). The van der Waals surface area contributed by atoms with Gasteiger partial charge in [-0.3, -0.25) is 9.36 Å². The quantitative estimate of drug-likeness (QED) is 0.259. The zero-order valence-electron chi connectivity index (χ0n) is 13.8. The van der Waals surface area contributed by atoms with Gasteiger partial charge in [-0.15, -0.1) is 0 Å². The number of rotatable bonds is 6. The molecule has 0 spiro atoms. The standard InChI is InChI=1S/C15H15N5O5/c1-23-10-7-9-12(13(18-19-16)14(10)25-3)15(22)20(8-17-9)6-4-5-11(21)24-2/h4-5,7-8H,6H2,1-3H3/b5-4+. The Labute approximate surface area is 141 Å². The number of azide groups is 1. The Morgan fingerprint density at radius 1 is 1.40 bits per heavy atom. The molecule has 0 atom stereocenters. The van der Waals surface area contributed by atoms with Crippen molar-refractivity contribution in [3.05, 3.63) is 45.3 Å². The minimum atomic E-state index is -0.539. The lowest BCUT2D eigenvalue weighted by Gasteiger charge is -2.13. The third-order valence-corrected chi connectivity index (χ3v) is 3.34. The largest absolute Gasteiger partial charge is 0.493 e. The van der Waals surface area contributed by atoms with Gasteiger partial charge in [0.1, 0.15) is 0 Å². The van der Waals surface area contributed by atoms with E-state index >= 15 is 0 Å². The van der Waals surface area contributed by atoms with E-state index in [0.717, 1.165) is 0 Å². The van der Waals surface area contributed by atoms with E-state index in [4.69, 9.17) is 15.0 Å². The van der Waals surface area contributed by atoms with Crippen LogP contribution in [0.4, 0.5) is 5.69 Å². The molecule has 0 fully saturated rings. The van der Waals surface area contributed by atoms with Crippen molar-refractivity contribution in [2.45, 2.75) is 6.54 Å². The third-order valence-electron chi connectivity index (χ3n) is 3.34. The first kappa shape index (κ1) is 17.8. The molecule has 0 saturated heterocycles. The highest BCUT2D eigenvalue weighted by Crippen LogP contribution is 2.41. The van der Waals surface area contributed by atoms with Gasteiger partial charge in [0, 0.05) is 23.6 Å². The molecule has 0 aliphatic carbocycles. The van der Waals surface area contributed by atoms with Gasteiger partial charge in [-0.2, -0.15) is 0 Å². The number of carbonyl (C=O) groups excluding carboxylic acids is 1. The number of ether oxygens (including phenoxy) is 3. The Hall–Kier alpha value is -3.52. The van der Waals surface area contributed by atoms with Gasteiger partial charge >= 0.3 is 5.97 Å². The Morgan fingerprint density at radius 2 is 2.16 bits per heavy atom. The van der Waals surface area contributed by atoms with Crippen LogP contribution < -0.4 is 15.0 Å². The summed E-state index contributed by atoms with van der Waals surface area (Å²) in [4.78, 5) is 30.8. The predicted octanol–water partition coefficient (Wildman–Crippen LogP) is 2.08. The number of carbonyl (C=O) groups is 1. The minimum absolute atomic E-state index is 0.0110. The maximum atomic E-state index is 12.7. The fourth-order valence-electron chi connectivity index (χ4n) is 2.20. The van der Waals surface area contributed by atoms with Crippen LogP contribution in [0.25, 0.3) is 21.3 Å². The number of hydrogen-bond acceptors (Lipinski definition) is 7. The van der Waals surface area contributed by atoms with Crippen LogP contribution in [-0.2, 0) is 16.1 Å². The van der Waals surface area contributed by atoms with E-state index in [1.54, 1.807) is 0 Å². The lowest BCUT2D eigenvalue weighted by molar-refractivity contribution is -0.134. The molecule has 1 aromatic heterocycles. The average molecular weight is 345 g/mol. The van der Waals surface area contributed by atoms with Crippen LogP contribution in [0.3, 0.4) is 0 Å². The zero-order chi connectivity index (χ0) is 18.4. The van der Waals surface area contributed by atoms with Crippen LogP contribution in [0.1, 0.15) is 0 Å². The number of fused-ring (bicyclic) bond motifs is 1. The third kappa shape index (κ3) is 3.54. The van der Waals surface area contributed by atoms with Gasteiger partial charge in [0.15, 0.2) is 11.5 Å². The number of esters is 1. The Balaban J connectivity index is 2.68. The van der Waals surface area contributed by atoms with Crippen molar-refractivity contribution in [2.24, 2.45) is 5.11 Å². The van der Waals surface area contributed by atoms with Crippen molar-refractivity contribution >= 4 is 22.6 Å². The van der Waals surface area contributed by atoms with E-state index in [0.29, 0.717) is 5.52 Å². The summed E-state index contributed by atoms with van der Waals surface area (Å²) >= 11 is 0. The molecule has 10 heteroatoms. The number of methoxy groups -OCH3 is 3. The van der Waals surface area contributed by atoms with E-state index in [9.17, 15) is 9.59 Å². The smallest absolute Gasteiger partial charge is 0.330 e. The van der Waals surface area contributed by atoms with Crippen LogP contribution in [-0.4, -0.2) is 36.8 Å². The molecule has 2 aromatic rings. The molecule has 0 unspecified atom stereocenters. The number of hydrogen-bond donors (Lipinski definition) is 0. The predicted molar refractivity (Wildman–Crippen MR) is 89.1 cm³/mol. The van der Waals surface area contributed by atoms with Crippen molar-refractivity contribution in [3.8, 4) is 11.5 Å². The van der Waals surface area contributed by atoms with Gasteiger partial charge in [-0.05, 0) is 5.53 Å². The number of nitrogens with zero attached hydrogens (tertiary/aromatic N) is 5. The minimum Gasteiger partial charge on any atom is -0.493 e. The molecule has 1 aromatic carbocycles. The van der Waals surface area contributed by atoms with Gasteiger partial charge < -0.3 is 14.2 Å². The molecule has 0 amide bonds. The maximum absolute atomic E-state index is 12.7. The summed E-state index contributed by atoms with van der Waals surface area (Å²) in [5.74, 6) is -0.120. The summed E-state index contributed by atoms with van der Waals surface area (Å²) in [6.45, 7) is 0.0843. The van der Waals surface area contributed by atoms with Crippen molar-refractivity contribution in [2.75, 3.05) is 21.3 Å². The van der Waals surface area contributed by atoms with Gasteiger partial charge in [-0.25, -0.2) is 9.78 Å². The van der Waals surface area contributed by atoms with Crippen LogP contribution >= 0.6 is 0 Å².